The lowest BCUT2D eigenvalue weighted by atomic mass is 10.2. The molecular formula is C16H22N2O6S. The van der Waals surface area contributed by atoms with Gasteiger partial charge in [0.1, 0.15) is 0 Å². The number of nitro groups is 1. The third-order valence-corrected chi connectivity index (χ3v) is 5.99. The molecule has 2 atom stereocenters. The van der Waals surface area contributed by atoms with Gasteiger partial charge in [0.2, 0.25) is 0 Å². The minimum Gasteiger partial charge on any atom is -0.474 e. The number of nitrogens with zero attached hydrogens (tertiary/aromatic N) is 2. The number of benzene rings is 1. The smallest absolute Gasteiger partial charge is 0.311 e. The summed E-state index contributed by atoms with van der Waals surface area (Å²) in [5.74, 6) is -0.338. The van der Waals surface area contributed by atoms with Gasteiger partial charge >= 0.3 is 5.69 Å². The number of carbonyl (C=O) groups excluding carboxylic acids is 1. The van der Waals surface area contributed by atoms with Crippen molar-refractivity contribution in [1.82, 2.24) is 4.90 Å². The van der Waals surface area contributed by atoms with Crippen molar-refractivity contribution in [2.24, 2.45) is 0 Å². The molecule has 0 aliphatic carbocycles. The maximum Gasteiger partial charge on any atom is 0.311 e. The number of sulfone groups is 1. The van der Waals surface area contributed by atoms with Crippen molar-refractivity contribution in [2.45, 2.75) is 39.3 Å². The lowest BCUT2D eigenvalue weighted by Gasteiger charge is -2.29. The predicted molar refractivity (Wildman–Crippen MR) is 92.4 cm³/mol. The molecule has 1 amide bonds. The maximum absolute atomic E-state index is 12.7. The molecule has 2 rings (SSSR count). The van der Waals surface area contributed by atoms with Gasteiger partial charge in [-0.2, -0.15) is 0 Å². The van der Waals surface area contributed by atoms with Crippen LogP contribution in [0.15, 0.2) is 18.2 Å². The first-order chi connectivity index (χ1) is 11.6. The molecule has 0 unspecified atom stereocenters. The van der Waals surface area contributed by atoms with E-state index < -0.39 is 20.9 Å². The van der Waals surface area contributed by atoms with Crippen LogP contribution in [-0.4, -0.2) is 54.3 Å². The molecule has 0 saturated carbocycles. The zero-order valence-corrected chi connectivity index (χ0v) is 15.3. The van der Waals surface area contributed by atoms with Gasteiger partial charge in [-0.05, 0) is 38.8 Å². The van der Waals surface area contributed by atoms with Crippen LogP contribution in [0.5, 0.6) is 5.75 Å². The molecule has 0 spiro atoms. The molecule has 1 heterocycles. The summed E-state index contributed by atoms with van der Waals surface area (Å²) in [4.78, 5) is 24.7. The molecule has 9 heteroatoms. The average molecular weight is 370 g/mol. The molecule has 1 aliphatic heterocycles. The second-order valence-corrected chi connectivity index (χ2v) is 8.40. The van der Waals surface area contributed by atoms with Crippen molar-refractivity contribution in [3.05, 3.63) is 33.9 Å². The van der Waals surface area contributed by atoms with Crippen LogP contribution in [0, 0.1) is 17.0 Å². The fraction of sp³-hybridized carbons (Fsp3) is 0.562. The molecule has 1 aliphatic rings. The Bertz CT molecular complexity index is 777. The molecule has 0 N–H and O–H groups in total. The second-order valence-electron chi connectivity index (χ2n) is 6.17. The normalized spacial score (nSPS) is 20.0. The fourth-order valence-electron chi connectivity index (χ4n) is 2.96. The van der Waals surface area contributed by atoms with Crippen molar-refractivity contribution in [3.8, 4) is 5.75 Å². The molecule has 0 radical (unpaired) electrons. The molecule has 1 fully saturated rings. The first-order valence-electron chi connectivity index (χ1n) is 8.07. The largest absolute Gasteiger partial charge is 0.474 e. The van der Waals surface area contributed by atoms with Gasteiger partial charge in [-0.25, -0.2) is 8.42 Å². The number of rotatable bonds is 6. The van der Waals surface area contributed by atoms with E-state index in [-0.39, 0.29) is 34.9 Å². The molecule has 0 bridgehead atoms. The molecule has 8 nitrogen and oxygen atoms in total. The molecule has 138 valence electrons. The number of hydrogen-bond acceptors (Lipinski definition) is 6. The van der Waals surface area contributed by atoms with Crippen molar-refractivity contribution in [2.75, 3.05) is 18.1 Å². The fourth-order valence-corrected chi connectivity index (χ4v) is 4.69. The Labute approximate surface area is 146 Å². The van der Waals surface area contributed by atoms with Gasteiger partial charge in [0.25, 0.3) is 5.91 Å². The van der Waals surface area contributed by atoms with Crippen LogP contribution < -0.4 is 4.74 Å². The van der Waals surface area contributed by atoms with Crippen molar-refractivity contribution in [3.63, 3.8) is 0 Å². The van der Waals surface area contributed by atoms with Crippen LogP contribution in [0.25, 0.3) is 0 Å². The van der Waals surface area contributed by atoms with Gasteiger partial charge in [-0.1, -0.05) is 6.07 Å². The SMILES string of the molecule is CCN(C(=O)[C@@H](C)Oc1ccc(C)cc1[N+](=O)[O-])[C@@H]1CCS(=O)(=O)C1. The van der Waals surface area contributed by atoms with E-state index in [9.17, 15) is 23.3 Å². The molecule has 25 heavy (non-hydrogen) atoms. The highest BCUT2D eigenvalue weighted by molar-refractivity contribution is 7.91. The van der Waals surface area contributed by atoms with E-state index in [1.165, 1.54) is 24.0 Å². The minimum atomic E-state index is -3.12. The highest BCUT2D eigenvalue weighted by Gasteiger charge is 2.36. The number of likely N-dealkylation sites (N-methyl/N-ethyl adjacent to an activating group) is 1. The molecular weight excluding hydrogens is 348 g/mol. The quantitative estimate of drug-likeness (QED) is 0.557. The first kappa shape index (κ1) is 19.2. The summed E-state index contributed by atoms with van der Waals surface area (Å²) in [5.41, 5.74) is 0.510. The van der Waals surface area contributed by atoms with Crippen LogP contribution in [0.1, 0.15) is 25.8 Å². The van der Waals surface area contributed by atoms with E-state index in [2.05, 4.69) is 0 Å². The Morgan fingerprint density at radius 3 is 2.68 bits per heavy atom. The van der Waals surface area contributed by atoms with Crippen LogP contribution in [0.3, 0.4) is 0 Å². The van der Waals surface area contributed by atoms with Crippen LogP contribution >= 0.6 is 0 Å². The van der Waals surface area contributed by atoms with Gasteiger partial charge < -0.3 is 9.64 Å². The third kappa shape index (κ3) is 4.47. The number of carbonyl (C=O) groups is 1. The van der Waals surface area contributed by atoms with E-state index >= 15 is 0 Å². The maximum atomic E-state index is 12.7. The van der Waals surface area contributed by atoms with Crippen LogP contribution in [0.2, 0.25) is 0 Å². The van der Waals surface area contributed by atoms with Crippen molar-refractivity contribution >= 4 is 21.4 Å². The van der Waals surface area contributed by atoms with Gasteiger partial charge in [0.15, 0.2) is 21.7 Å². The van der Waals surface area contributed by atoms with Gasteiger partial charge in [-0.3, -0.25) is 14.9 Å². The number of hydrogen-bond donors (Lipinski definition) is 0. The number of aryl methyl sites for hydroxylation is 1. The summed E-state index contributed by atoms with van der Waals surface area (Å²) in [7, 11) is -3.12. The van der Waals surface area contributed by atoms with Gasteiger partial charge in [0, 0.05) is 18.7 Å². The topological polar surface area (TPSA) is 107 Å². The first-order valence-corrected chi connectivity index (χ1v) is 9.89. The highest BCUT2D eigenvalue weighted by Crippen LogP contribution is 2.29. The monoisotopic (exact) mass is 370 g/mol. The summed E-state index contributed by atoms with van der Waals surface area (Å²) in [6.07, 6.45) is -0.552. The Morgan fingerprint density at radius 2 is 2.16 bits per heavy atom. The number of ether oxygens (including phenoxy) is 1. The predicted octanol–water partition coefficient (Wildman–Crippen LogP) is 1.71. The van der Waals surface area contributed by atoms with Crippen molar-refractivity contribution < 1.29 is 22.9 Å². The van der Waals surface area contributed by atoms with E-state index in [1.54, 1.807) is 19.9 Å². The zero-order chi connectivity index (χ0) is 18.8. The summed E-state index contributed by atoms with van der Waals surface area (Å²) in [5, 5.41) is 11.2. The molecule has 1 aromatic rings. The summed E-state index contributed by atoms with van der Waals surface area (Å²) in [6.45, 7) is 5.36. The van der Waals surface area contributed by atoms with Gasteiger partial charge in [0.05, 0.1) is 16.4 Å². The second kappa shape index (κ2) is 7.38. The van der Waals surface area contributed by atoms with E-state index in [0.29, 0.717) is 18.5 Å². The lowest BCUT2D eigenvalue weighted by molar-refractivity contribution is -0.386. The van der Waals surface area contributed by atoms with Crippen LogP contribution in [0.4, 0.5) is 5.69 Å². The van der Waals surface area contributed by atoms with Crippen molar-refractivity contribution in [1.29, 1.82) is 0 Å². The summed E-state index contributed by atoms with van der Waals surface area (Å²) < 4.78 is 28.8. The van der Waals surface area contributed by atoms with Crippen LogP contribution in [-0.2, 0) is 14.6 Å². The molecule has 1 saturated heterocycles. The molecule has 0 aromatic heterocycles. The number of nitro benzene ring substituents is 1. The average Bonchev–Trinajstić information content (AvgIpc) is 2.89. The lowest BCUT2D eigenvalue weighted by Crippen LogP contribution is -2.46. The van der Waals surface area contributed by atoms with E-state index in [0.717, 1.165) is 0 Å². The number of amides is 1. The Kier molecular flexibility index (Phi) is 5.66. The minimum absolute atomic E-state index is 0.0200. The standard InChI is InChI=1S/C16H22N2O6S/c1-4-17(13-7-8-25(22,23)10-13)16(19)12(3)24-15-6-5-11(2)9-14(15)18(20)21/h5-6,9,12-13H,4,7-8,10H2,1-3H3/t12-,13-/m1/s1. The highest BCUT2D eigenvalue weighted by atomic mass is 32.2. The van der Waals surface area contributed by atoms with Gasteiger partial charge in [-0.15, -0.1) is 0 Å². The Balaban J connectivity index is 2.16. The van der Waals surface area contributed by atoms with E-state index in [4.69, 9.17) is 4.74 Å². The molecule has 1 aromatic carbocycles. The summed E-state index contributed by atoms with van der Waals surface area (Å²) in [6, 6.07) is 4.14. The third-order valence-electron chi connectivity index (χ3n) is 4.24. The zero-order valence-electron chi connectivity index (χ0n) is 14.5. The summed E-state index contributed by atoms with van der Waals surface area (Å²) >= 11 is 0. The Morgan fingerprint density at radius 1 is 1.48 bits per heavy atom. The Hall–Kier alpha value is -2.16. The van der Waals surface area contributed by atoms with E-state index in [1.807, 2.05) is 0 Å².